The fourth-order valence-electron chi connectivity index (χ4n) is 1.79. The Labute approximate surface area is 96.0 Å². The van der Waals surface area contributed by atoms with Gasteiger partial charge in [0.25, 0.3) is 0 Å². The zero-order chi connectivity index (χ0) is 11.5. The van der Waals surface area contributed by atoms with Crippen molar-refractivity contribution >= 4 is 11.3 Å². The van der Waals surface area contributed by atoms with E-state index in [1.165, 1.54) is 5.57 Å². The minimum atomic E-state index is 0.606. The first-order valence-electron chi connectivity index (χ1n) is 5.31. The molecule has 2 rings (SSSR count). The van der Waals surface area contributed by atoms with E-state index in [2.05, 4.69) is 28.9 Å². The summed E-state index contributed by atoms with van der Waals surface area (Å²) in [5.41, 5.74) is 9.24. The molecule has 1 aliphatic heterocycles. The molecule has 0 fully saturated rings. The van der Waals surface area contributed by atoms with Gasteiger partial charge in [-0.3, -0.25) is 0 Å². The third-order valence-corrected chi connectivity index (χ3v) is 2.74. The molecule has 82 valence electrons. The summed E-state index contributed by atoms with van der Waals surface area (Å²) < 4.78 is 0. The Bertz CT molecular complexity index is 469. The van der Waals surface area contributed by atoms with Crippen LogP contribution in [0.5, 0.6) is 0 Å². The van der Waals surface area contributed by atoms with Gasteiger partial charge in [-0.25, -0.2) is 4.98 Å². The third kappa shape index (κ3) is 2.23. The third-order valence-electron chi connectivity index (χ3n) is 2.74. The van der Waals surface area contributed by atoms with Crippen molar-refractivity contribution < 1.29 is 0 Å². The quantitative estimate of drug-likeness (QED) is 0.716. The second-order valence-electron chi connectivity index (χ2n) is 4.06. The van der Waals surface area contributed by atoms with Crippen molar-refractivity contribution in [2.75, 3.05) is 25.9 Å². The van der Waals surface area contributed by atoms with Gasteiger partial charge in [0.1, 0.15) is 5.69 Å². The highest BCUT2D eigenvalue weighted by Gasteiger charge is 2.11. The van der Waals surface area contributed by atoms with E-state index >= 15 is 0 Å². The summed E-state index contributed by atoms with van der Waals surface area (Å²) in [5.74, 6) is 2.53. The number of nitrogen functional groups attached to an aromatic ring is 1. The van der Waals surface area contributed by atoms with E-state index < -0.39 is 0 Å². The summed E-state index contributed by atoms with van der Waals surface area (Å²) in [6.45, 7) is 2.00. The van der Waals surface area contributed by atoms with E-state index in [0.29, 0.717) is 11.4 Å². The number of nitrogens with two attached hydrogens (primary N) is 1. The highest BCUT2D eigenvalue weighted by molar-refractivity contribution is 5.67. The van der Waals surface area contributed by atoms with E-state index in [-0.39, 0.29) is 0 Å². The van der Waals surface area contributed by atoms with E-state index in [1.54, 1.807) is 6.07 Å². The van der Waals surface area contributed by atoms with Crippen LogP contribution < -0.4 is 5.73 Å². The Morgan fingerprint density at radius 3 is 2.94 bits per heavy atom. The molecule has 1 aliphatic rings. The number of likely N-dealkylation sites (N-methyl/N-ethyl adjacent to an activating group) is 1. The maximum absolute atomic E-state index is 5.80. The molecule has 3 nitrogen and oxygen atoms in total. The smallest absolute Gasteiger partial charge is 0.115 e. The van der Waals surface area contributed by atoms with Crippen molar-refractivity contribution in [2.24, 2.45) is 0 Å². The van der Waals surface area contributed by atoms with Crippen LogP contribution in [0.15, 0.2) is 18.2 Å². The van der Waals surface area contributed by atoms with Gasteiger partial charge in [-0.2, -0.15) is 0 Å². The fraction of sp³-hybridized carbons (Fsp3) is 0.308. The maximum atomic E-state index is 5.80. The summed E-state index contributed by atoms with van der Waals surface area (Å²) in [4.78, 5) is 6.66. The fourth-order valence-corrected chi connectivity index (χ4v) is 1.79. The van der Waals surface area contributed by atoms with Crippen molar-refractivity contribution in [3.63, 3.8) is 0 Å². The number of pyridine rings is 1. The molecular formula is C13H15N3. The van der Waals surface area contributed by atoms with Crippen LogP contribution in [0.3, 0.4) is 0 Å². The van der Waals surface area contributed by atoms with E-state index in [9.17, 15) is 0 Å². The van der Waals surface area contributed by atoms with Gasteiger partial charge >= 0.3 is 0 Å². The Balaban J connectivity index is 2.34. The lowest BCUT2D eigenvalue weighted by Crippen LogP contribution is -2.23. The molecule has 0 atom stereocenters. The minimum Gasteiger partial charge on any atom is -0.399 e. The first kappa shape index (κ1) is 10.7. The van der Waals surface area contributed by atoms with E-state index in [1.807, 2.05) is 6.07 Å². The van der Waals surface area contributed by atoms with Gasteiger partial charge in [0.05, 0.1) is 5.69 Å². The van der Waals surface area contributed by atoms with Crippen molar-refractivity contribution in [3.05, 3.63) is 29.6 Å². The molecule has 2 heterocycles. The van der Waals surface area contributed by atoms with Crippen molar-refractivity contribution in [1.29, 1.82) is 0 Å². The first-order chi connectivity index (χ1) is 7.69. The molecule has 0 saturated heterocycles. The molecule has 1 aromatic rings. The molecule has 0 radical (unpaired) electrons. The average molecular weight is 213 g/mol. The molecule has 0 bridgehead atoms. The lowest BCUT2D eigenvalue weighted by Gasteiger charge is -2.21. The van der Waals surface area contributed by atoms with Gasteiger partial charge in [-0.05, 0) is 31.2 Å². The van der Waals surface area contributed by atoms with E-state index in [4.69, 9.17) is 12.2 Å². The maximum Gasteiger partial charge on any atom is 0.115 e. The summed E-state index contributed by atoms with van der Waals surface area (Å²) >= 11 is 0. The standard InChI is InChI=1S/C13H15N3/c1-3-12-8-11(14)9-13(15-12)10-4-6-16(2)7-5-10/h1,4,8-9H,5-7H2,2H3,(H2,14,15). The molecule has 16 heavy (non-hydrogen) atoms. The summed E-state index contributed by atoms with van der Waals surface area (Å²) in [6.07, 6.45) is 8.53. The minimum absolute atomic E-state index is 0.606. The predicted molar refractivity (Wildman–Crippen MR) is 66.7 cm³/mol. The van der Waals surface area contributed by atoms with Crippen molar-refractivity contribution in [2.45, 2.75) is 6.42 Å². The van der Waals surface area contributed by atoms with Crippen molar-refractivity contribution in [1.82, 2.24) is 9.88 Å². The van der Waals surface area contributed by atoms with Gasteiger partial charge in [-0.15, -0.1) is 6.42 Å². The van der Waals surface area contributed by atoms with Gasteiger partial charge < -0.3 is 10.6 Å². The largest absolute Gasteiger partial charge is 0.399 e. The van der Waals surface area contributed by atoms with Gasteiger partial charge in [-0.1, -0.05) is 12.0 Å². The van der Waals surface area contributed by atoms with Crippen LogP contribution in [0, 0.1) is 12.3 Å². The SMILES string of the molecule is C#Cc1cc(N)cc(C2=CCN(C)CC2)n1. The molecule has 0 unspecified atom stereocenters. The zero-order valence-corrected chi connectivity index (χ0v) is 9.40. The lowest BCUT2D eigenvalue weighted by molar-refractivity contribution is 0.370. The topological polar surface area (TPSA) is 42.1 Å². The molecule has 3 heteroatoms. The molecule has 0 saturated carbocycles. The Hall–Kier alpha value is -1.79. The Kier molecular flexibility index (Phi) is 2.93. The van der Waals surface area contributed by atoms with Crippen LogP contribution in [-0.2, 0) is 0 Å². The van der Waals surface area contributed by atoms with Crippen molar-refractivity contribution in [3.8, 4) is 12.3 Å². The predicted octanol–water partition coefficient (Wildman–Crippen LogP) is 1.36. The summed E-state index contributed by atoms with van der Waals surface area (Å²) in [7, 11) is 2.10. The van der Waals surface area contributed by atoms with Crippen LogP contribution in [0.1, 0.15) is 17.8 Å². The Morgan fingerprint density at radius 2 is 2.31 bits per heavy atom. The number of terminal acetylenes is 1. The molecule has 2 N–H and O–H groups in total. The zero-order valence-electron chi connectivity index (χ0n) is 9.40. The van der Waals surface area contributed by atoms with Crippen LogP contribution in [0.25, 0.3) is 5.57 Å². The molecule has 1 aromatic heterocycles. The number of hydrogen-bond donors (Lipinski definition) is 1. The summed E-state index contributed by atoms with van der Waals surface area (Å²) in [5, 5.41) is 0. The number of rotatable bonds is 1. The molecule has 0 aromatic carbocycles. The van der Waals surface area contributed by atoms with E-state index in [0.717, 1.165) is 25.2 Å². The molecular weight excluding hydrogens is 198 g/mol. The van der Waals surface area contributed by atoms with Gasteiger partial charge in [0, 0.05) is 18.8 Å². The Morgan fingerprint density at radius 1 is 1.50 bits per heavy atom. The number of hydrogen-bond acceptors (Lipinski definition) is 3. The normalized spacial score (nSPS) is 16.6. The van der Waals surface area contributed by atoms with Gasteiger partial charge in [0.2, 0.25) is 0 Å². The van der Waals surface area contributed by atoms with Crippen LogP contribution in [0.2, 0.25) is 0 Å². The highest BCUT2D eigenvalue weighted by Crippen LogP contribution is 2.22. The number of aromatic nitrogens is 1. The van der Waals surface area contributed by atoms with Crippen LogP contribution in [-0.4, -0.2) is 30.0 Å². The number of anilines is 1. The van der Waals surface area contributed by atoms with Gasteiger partial charge in [0.15, 0.2) is 0 Å². The molecule has 0 amide bonds. The summed E-state index contributed by atoms with van der Waals surface area (Å²) in [6, 6.07) is 3.61. The lowest BCUT2D eigenvalue weighted by atomic mass is 10.0. The second-order valence-corrected chi connectivity index (χ2v) is 4.06. The average Bonchev–Trinajstić information content (AvgIpc) is 2.29. The van der Waals surface area contributed by atoms with Crippen LogP contribution in [0.4, 0.5) is 5.69 Å². The second kappa shape index (κ2) is 4.38. The first-order valence-corrected chi connectivity index (χ1v) is 5.31. The molecule has 0 aliphatic carbocycles. The number of nitrogens with zero attached hydrogens (tertiary/aromatic N) is 2. The van der Waals surface area contributed by atoms with Crippen LogP contribution >= 0.6 is 0 Å². The molecule has 0 spiro atoms. The highest BCUT2D eigenvalue weighted by atomic mass is 15.1. The monoisotopic (exact) mass is 213 g/mol.